The van der Waals surface area contributed by atoms with Crippen molar-refractivity contribution >= 4 is 41.0 Å². The molecule has 0 radical (unpaired) electrons. The van der Waals surface area contributed by atoms with E-state index >= 15 is 0 Å². The van der Waals surface area contributed by atoms with Crippen molar-refractivity contribution in [2.45, 2.75) is 26.7 Å². The zero-order valence-corrected chi connectivity index (χ0v) is 31.4. The predicted octanol–water partition coefficient (Wildman–Crippen LogP) is 9.34. The third kappa shape index (κ3) is 10.3. The fraction of sp³-hybridized carbons (Fsp3) is 0.273. The molecule has 4 heterocycles. The summed E-state index contributed by atoms with van der Waals surface area (Å²) in [5.41, 5.74) is 16.4. The first-order valence-corrected chi connectivity index (χ1v) is 18.1. The lowest BCUT2D eigenvalue weighted by Crippen LogP contribution is -2.15. The number of aromatic amines is 1. The Morgan fingerprint density at radius 3 is 1.79 bits per heavy atom. The molecule has 0 spiro atoms. The number of nitrogens with two attached hydrogens (primary N) is 1. The van der Waals surface area contributed by atoms with Gasteiger partial charge in [0.25, 0.3) is 0 Å². The van der Waals surface area contributed by atoms with Crippen molar-refractivity contribution in [1.82, 2.24) is 24.8 Å². The van der Waals surface area contributed by atoms with Crippen LogP contribution >= 0.6 is 0 Å². The minimum absolute atomic E-state index is 0.603. The highest BCUT2D eigenvalue weighted by Crippen LogP contribution is 2.34. The lowest BCUT2D eigenvalue weighted by Gasteiger charge is -2.12. The topological polar surface area (TPSA) is 92.5 Å². The van der Waals surface area contributed by atoms with E-state index in [9.17, 15) is 0 Å². The molecule has 0 aliphatic carbocycles. The summed E-state index contributed by atoms with van der Waals surface area (Å²) in [4.78, 5) is 18.0. The van der Waals surface area contributed by atoms with Gasteiger partial charge in [-0.1, -0.05) is 50.2 Å². The number of rotatable bonds is 12. The average Bonchev–Trinajstić information content (AvgIpc) is 3.91. The van der Waals surface area contributed by atoms with Crippen molar-refractivity contribution in [3.05, 3.63) is 114 Å². The molecular weight excluding hydrogens is 645 g/mol. The molecule has 0 saturated heterocycles. The first-order chi connectivity index (χ1) is 25.3. The molecule has 0 fully saturated rings. The quantitative estimate of drug-likeness (QED) is 0.123. The van der Waals surface area contributed by atoms with Crippen molar-refractivity contribution in [3.63, 3.8) is 0 Å². The normalized spacial score (nSPS) is 11.6. The number of fused-ring (bicyclic) bond motifs is 6. The molecule has 270 valence electrons. The van der Waals surface area contributed by atoms with Gasteiger partial charge >= 0.3 is 0 Å². The van der Waals surface area contributed by atoms with Gasteiger partial charge in [-0.25, -0.2) is 9.97 Å². The third-order valence-corrected chi connectivity index (χ3v) is 8.34. The van der Waals surface area contributed by atoms with E-state index in [-0.39, 0.29) is 0 Å². The standard InChI is InChI=1S/C42H46N6O2.C2H6/c1-47(2)23-9-25-49-35-14-7-11-30(27-35)41-37(43)16-6-5-13-32-17-20-39(44-32)42(31-12-8-15-36(28-31)50-26-10-24-48(3)4)40-22-19-34(46-40)29-33-18-21-38(41)45-33;1-2/h5-8,11-22,27-29,46H,9-10,23-26,43H2,1-4H3;1-2H3. The Morgan fingerprint density at radius 2 is 1.15 bits per heavy atom. The van der Waals surface area contributed by atoms with Gasteiger partial charge in [0.05, 0.1) is 36.0 Å². The molecule has 0 unspecified atom stereocenters. The van der Waals surface area contributed by atoms with Crippen molar-refractivity contribution in [2.24, 2.45) is 0 Å². The number of benzene rings is 2. The van der Waals surface area contributed by atoms with Crippen molar-refractivity contribution < 1.29 is 9.47 Å². The summed E-state index contributed by atoms with van der Waals surface area (Å²) in [5.74, 6) is 1.64. The maximum absolute atomic E-state index is 6.80. The number of anilines is 1. The molecule has 0 atom stereocenters. The lowest BCUT2D eigenvalue weighted by atomic mass is 10.0. The van der Waals surface area contributed by atoms with Crippen molar-refractivity contribution in [3.8, 4) is 33.8 Å². The molecule has 2 aromatic carbocycles. The highest BCUT2D eigenvalue weighted by atomic mass is 16.5. The Kier molecular flexibility index (Phi) is 13.6. The number of nitrogens with zero attached hydrogens (tertiary/aromatic N) is 4. The van der Waals surface area contributed by atoms with Crippen LogP contribution in [0.1, 0.15) is 49.5 Å². The average molecular weight is 697 g/mol. The van der Waals surface area contributed by atoms with Crippen LogP contribution in [0.3, 0.4) is 0 Å². The minimum atomic E-state index is 0.603. The second kappa shape index (κ2) is 18.7. The van der Waals surface area contributed by atoms with Gasteiger partial charge in [-0.2, -0.15) is 0 Å². The molecule has 0 amide bonds. The van der Waals surface area contributed by atoms with E-state index in [1.165, 1.54) is 0 Å². The van der Waals surface area contributed by atoms with E-state index in [0.717, 1.165) is 93.5 Å². The molecule has 6 rings (SSSR count). The minimum Gasteiger partial charge on any atom is -0.494 e. The van der Waals surface area contributed by atoms with Gasteiger partial charge in [0, 0.05) is 40.9 Å². The first-order valence-electron chi connectivity index (χ1n) is 18.1. The molecule has 52 heavy (non-hydrogen) atoms. The third-order valence-electron chi connectivity index (χ3n) is 8.34. The number of H-pyrrole nitrogens is 1. The maximum atomic E-state index is 6.80. The zero-order chi connectivity index (χ0) is 36.9. The lowest BCUT2D eigenvalue weighted by molar-refractivity contribution is 0.281. The second-order valence-corrected chi connectivity index (χ2v) is 13.0. The van der Waals surface area contributed by atoms with Gasteiger partial charge in [0.15, 0.2) is 0 Å². The van der Waals surface area contributed by atoms with Crippen LogP contribution in [0.25, 0.3) is 57.6 Å². The molecule has 2 aliphatic rings. The molecule has 0 saturated carbocycles. The molecule has 8 nitrogen and oxygen atoms in total. The number of ether oxygens (including phenoxy) is 2. The van der Waals surface area contributed by atoms with Crippen LogP contribution in [0.4, 0.5) is 5.69 Å². The molecule has 6 bridgehead atoms. The Labute approximate surface area is 309 Å². The van der Waals surface area contributed by atoms with Crippen LogP contribution in [-0.4, -0.2) is 79.2 Å². The Hall–Kier alpha value is -5.44. The van der Waals surface area contributed by atoms with Crippen molar-refractivity contribution in [2.75, 3.05) is 60.2 Å². The summed E-state index contributed by atoms with van der Waals surface area (Å²) in [5, 5.41) is 0. The molecule has 3 N–H and O–H groups in total. The largest absolute Gasteiger partial charge is 0.494 e. The van der Waals surface area contributed by atoms with Crippen LogP contribution in [0.5, 0.6) is 11.5 Å². The predicted molar refractivity (Wildman–Crippen MR) is 220 cm³/mol. The van der Waals surface area contributed by atoms with Gasteiger partial charge in [-0.3, -0.25) is 0 Å². The number of nitrogen functional groups attached to an aromatic ring is 1. The van der Waals surface area contributed by atoms with Gasteiger partial charge in [0.1, 0.15) is 11.5 Å². The summed E-state index contributed by atoms with van der Waals surface area (Å²) in [6, 6.07) is 30.3. The SMILES string of the molecule is CC.CN(C)CCCOc1cccc(-c2c(N)ccccc3nc(c(-c4cccc(OCCCN(C)C)c4)c4ccc(cc5nc2C=C5)[nH]4)C=C3)c1. The second-order valence-electron chi connectivity index (χ2n) is 13.0. The van der Waals surface area contributed by atoms with Gasteiger partial charge < -0.3 is 30.0 Å². The number of aromatic nitrogens is 3. The van der Waals surface area contributed by atoms with Crippen LogP contribution in [0.2, 0.25) is 0 Å². The molecule has 4 aromatic rings. The number of hydrogen-bond acceptors (Lipinski definition) is 7. The summed E-state index contributed by atoms with van der Waals surface area (Å²) >= 11 is 0. The maximum Gasteiger partial charge on any atom is 0.119 e. The Balaban J connectivity index is 0.00000257. The highest BCUT2D eigenvalue weighted by Gasteiger charge is 2.13. The van der Waals surface area contributed by atoms with Crippen molar-refractivity contribution in [1.29, 1.82) is 0 Å². The van der Waals surface area contributed by atoms with Crippen LogP contribution < -0.4 is 15.2 Å². The monoisotopic (exact) mass is 696 g/mol. The summed E-state index contributed by atoms with van der Waals surface area (Å²) < 4.78 is 12.2. The Bertz CT molecular complexity index is 2060. The van der Waals surface area contributed by atoms with Gasteiger partial charge in [-0.15, -0.1) is 0 Å². The van der Waals surface area contributed by atoms with Crippen LogP contribution in [0, 0.1) is 0 Å². The smallest absolute Gasteiger partial charge is 0.119 e. The molecule has 8 heteroatoms. The molecule has 2 aliphatic heterocycles. The summed E-state index contributed by atoms with van der Waals surface area (Å²) in [7, 11) is 8.29. The van der Waals surface area contributed by atoms with E-state index in [4.69, 9.17) is 25.2 Å². The van der Waals surface area contributed by atoms with Gasteiger partial charge in [-0.05, 0) is 131 Å². The Morgan fingerprint density at radius 1 is 0.596 bits per heavy atom. The van der Waals surface area contributed by atoms with E-state index in [0.29, 0.717) is 18.9 Å². The van der Waals surface area contributed by atoms with E-state index < -0.39 is 0 Å². The highest BCUT2D eigenvalue weighted by molar-refractivity contribution is 5.91. The first kappa shape index (κ1) is 37.8. The summed E-state index contributed by atoms with van der Waals surface area (Å²) in [6.45, 7) is 7.24. The fourth-order valence-corrected chi connectivity index (χ4v) is 5.93. The fourth-order valence-electron chi connectivity index (χ4n) is 5.93. The number of nitrogens with one attached hydrogen (secondary N) is 1. The van der Waals surface area contributed by atoms with Crippen LogP contribution in [-0.2, 0) is 0 Å². The van der Waals surface area contributed by atoms with E-state index in [1.54, 1.807) is 0 Å². The van der Waals surface area contributed by atoms with E-state index in [1.807, 2.05) is 98.8 Å². The molecular formula is C44H52N6O2. The van der Waals surface area contributed by atoms with E-state index in [2.05, 4.69) is 73.3 Å². The molecule has 2 aromatic heterocycles. The van der Waals surface area contributed by atoms with Gasteiger partial charge in [0.2, 0.25) is 0 Å². The number of hydrogen-bond donors (Lipinski definition) is 2. The van der Waals surface area contributed by atoms with Crippen LogP contribution in [0.15, 0.2) is 91.0 Å². The summed E-state index contributed by atoms with van der Waals surface area (Å²) in [6.07, 6.45) is 10.0. The zero-order valence-electron chi connectivity index (χ0n) is 31.4.